The van der Waals surface area contributed by atoms with Crippen LogP contribution in [0.25, 0.3) is 0 Å². The maximum Gasteiger partial charge on any atom is 0.240 e. The fourth-order valence-corrected chi connectivity index (χ4v) is 6.10. The Morgan fingerprint density at radius 3 is 1.03 bits per heavy atom. The number of nitrogens with zero attached hydrogens (tertiary/aromatic N) is 2. The average Bonchev–Trinajstić information content (AvgIpc) is 3.45. The monoisotopic (exact) mass is 530 g/mol. The lowest BCUT2D eigenvalue weighted by Crippen LogP contribution is -2.02. The minimum absolute atomic E-state index is 0.979. The highest BCUT2D eigenvalue weighted by molar-refractivity contribution is 6.18. The van der Waals surface area contributed by atoms with Crippen molar-refractivity contribution >= 4 is 12.4 Å². The van der Waals surface area contributed by atoms with Gasteiger partial charge < -0.3 is 0 Å². The van der Waals surface area contributed by atoms with Gasteiger partial charge in [0.2, 0.25) is 6.17 Å². The highest BCUT2D eigenvalue weighted by Gasteiger charge is 2.15. The van der Waals surface area contributed by atoms with Crippen LogP contribution in [0.3, 0.4) is 0 Å². The number of hydrogen-bond donors (Lipinski definition) is 0. The van der Waals surface area contributed by atoms with Gasteiger partial charge in [-0.05, 0) is 12.3 Å². The van der Waals surface area contributed by atoms with Gasteiger partial charge in [-0.25, -0.2) is 0 Å². The Balaban J connectivity index is 2.06. The summed E-state index contributed by atoms with van der Waals surface area (Å²) in [5.41, 5.74) is 0. The summed E-state index contributed by atoms with van der Waals surface area (Å²) in [6.07, 6.45) is 47.7. The first-order chi connectivity index (χ1) is 18.9. The van der Waals surface area contributed by atoms with Crippen molar-refractivity contribution < 1.29 is 0 Å². The molecule has 1 aliphatic rings. The fourth-order valence-electron chi connectivity index (χ4n) is 6.10. The molecule has 38 heavy (non-hydrogen) atoms. The Hall–Kier alpha value is -0.790. The van der Waals surface area contributed by atoms with Crippen molar-refractivity contribution in [2.24, 2.45) is 15.9 Å². The molecule has 0 aromatic heterocycles. The molecule has 1 rings (SSSR count). The molecule has 1 aliphatic heterocycles. The second-order valence-corrected chi connectivity index (χ2v) is 12.4. The van der Waals surface area contributed by atoms with Crippen molar-refractivity contribution in [1.29, 1.82) is 0 Å². The first-order valence-corrected chi connectivity index (χ1v) is 17.8. The van der Waals surface area contributed by atoms with Crippen LogP contribution in [0.15, 0.2) is 9.98 Å². The minimum Gasteiger partial charge on any atom is -0.0968 e. The van der Waals surface area contributed by atoms with E-state index in [1.807, 2.05) is 12.4 Å². The molecule has 1 heterocycles. The Kier molecular flexibility index (Phi) is 27.1. The van der Waals surface area contributed by atoms with Crippen molar-refractivity contribution in [2.45, 2.75) is 206 Å². The van der Waals surface area contributed by atoms with Crippen LogP contribution in [0.5, 0.6) is 0 Å². The van der Waals surface area contributed by atoms with Gasteiger partial charge >= 0.3 is 0 Å². The van der Waals surface area contributed by atoms with Crippen molar-refractivity contribution in [3.63, 3.8) is 0 Å². The first-order valence-electron chi connectivity index (χ1n) is 17.8. The third kappa shape index (κ3) is 24.3. The number of unbranched alkanes of at least 4 members (excludes halogenated alkanes) is 23. The highest BCUT2D eigenvalue weighted by Crippen LogP contribution is 2.26. The first kappa shape index (κ1) is 35.2. The van der Waals surface area contributed by atoms with Gasteiger partial charge in [-0.3, -0.25) is 0 Å². The van der Waals surface area contributed by atoms with Gasteiger partial charge in [0.1, 0.15) is 0 Å². The Labute approximate surface area is 240 Å². The number of aliphatic imine (C=N–C) groups is 2. The second-order valence-electron chi connectivity index (χ2n) is 12.4. The van der Waals surface area contributed by atoms with E-state index in [9.17, 15) is 0 Å². The molecule has 0 saturated carbocycles. The van der Waals surface area contributed by atoms with Crippen LogP contribution in [0, 0.1) is 12.1 Å². The fraction of sp³-hybridized carbons (Fsp3) is 0.917. The quantitative estimate of drug-likeness (QED) is 0.0630. The van der Waals surface area contributed by atoms with Gasteiger partial charge in [-0.1, -0.05) is 204 Å². The van der Waals surface area contributed by atoms with Gasteiger partial charge in [0.15, 0.2) is 12.4 Å². The summed E-state index contributed by atoms with van der Waals surface area (Å²) in [4.78, 5) is 8.65. The summed E-state index contributed by atoms with van der Waals surface area (Å²) >= 11 is 0. The lowest BCUT2D eigenvalue weighted by molar-refractivity contribution is 0.366. The van der Waals surface area contributed by atoms with E-state index < -0.39 is 0 Å². The second kappa shape index (κ2) is 29.2. The SMILES string of the molecule is CCCCCCCCCCCCCCC(CCCCCCCCCCCCC)CCCCC[C+]1N=CC=N1. The molecule has 0 amide bonds. The molecule has 0 aromatic carbocycles. The summed E-state index contributed by atoms with van der Waals surface area (Å²) in [7, 11) is 0. The molecule has 1 unspecified atom stereocenters. The van der Waals surface area contributed by atoms with Gasteiger partial charge in [-0.2, -0.15) is 0 Å². The maximum absolute atomic E-state index is 4.33. The van der Waals surface area contributed by atoms with Crippen LogP contribution >= 0.6 is 0 Å². The molecule has 0 N–H and O–H groups in total. The predicted octanol–water partition coefficient (Wildman–Crippen LogP) is 13.0. The van der Waals surface area contributed by atoms with E-state index in [0.29, 0.717) is 0 Å². The van der Waals surface area contributed by atoms with E-state index in [1.54, 1.807) is 0 Å². The summed E-state index contributed by atoms with van der Waals surface area (Å²) < 4.78 is 0. The molecule has 0 aromatic rings. The van der Waals surface area contributed by atoms with Crippen molar-refractivity contribution in [3.8, 4) is 0 Å². The van der Waals surface area contributed by atoms with E-state index in [1.165, 1.54) is 186 Å². The zero-order chi connectivity index (χ0) is 27.2. The van der Waals surface area contributed by atoms with Crippen LogP contribution in [0.2, 0.25) is 0 Å². The molecule has 1 atom stereocenters. The largest absolute Gasteiger partial charge is 0.240 e. The van der Waals surface area contributed by atoms with E-state index >= 15 is 0 Å². The van der Waals surface area contributed by atoms with Gasteiger partial charge in [0.25, 0.3) is 0 Å². The molecule has 222 valence electrons. The van der Waals surface area contributed by atoms with Crippen LogP contribution in [-0.2, 0) is 0 Å². The summed E-state index contributed by atoms with van der Waals surface area (Å²) in [5, 5.41) is 0. The third-order valence-electron chi connectivity index (χ3n) is 8.71. The molecule has 2 heteroatoms. The normalized spacial score (nSPS) is 13.7. The molecule has 0 spiro atoms. The van der Waals surface area contributed by atoms with Crippen LogP contribution in [0.1, 0.15) is 206 Å². The van der Waals surface area contributed by atoms with Gasteiger partial charge in [0.05, 0.1) is 6.42 Å². The topological polar surface area (TPSA) is 24.7 Å². The zero-order valence-corrected chi connectivity index (χ0v) is 26.3. The highest BCUT2D eigenvalue weighted by atomic mass is 15.0. The molecule has 0 radical (unpaired) electrons. The van der Waals surface area contributed by atoms with Crippen molar-refractivity contribution in [3.05, 3.63) is 6.17 Å². The lowest BCUT2D eigenvalue weighted by atomic mass is 9.89. The molecule has 0 fully saturated rings. The molecule has 2 nitrogen and oxygen atoms in total. The Bertz CT molecular complexity index is 499. The van der Waals surface area contributed by atoms with Crippen LogP contribution in [0.4, 0.5) is 0 Å². The molecular weight excluding hydrogens is 460 g/mol. The minimum atomic E-state index is 0.979. The van der Waals surface area contributed by atoms with E-state index in [-0.39, 0.29) is 0 Å². The number of hydrogen-bond acceptors (Lipinski definition) is 2. The molecule has 0 aliphatic carbocycles. The molecule has 0 saturated heterocycles. The summed E-state index contributed by atoms with van der Waals surface area (Å²) in [5.74, 6) is 0.979. The lowest BCUT2D eigenvalue weighted by Gasteiger charge is -2.17. The summed E-state index contributed by atoms with van der Waals surface area (Å²) in [6, 6.07) is 0. The Morgan fingerprint density at radius 2 is 0.684 bits per heavy atom. The Morgan fingerprint density at radius 1 is 0.395 bits per heavy atom. The maximum atomic E-state index is 4.33. The van der Waals surface area contributed by atoms with Crippen LogP contribution in [-0.4, -0.2) is 12.4 Å². The zero-order valence-electron chi connectivity index (χ0n) is 26.3. The number of rotatable bonds is 31. The van der Waals surface area contributed by atoms with Crippen LogP contribution < -0.4 is 0 Å². The predicted molar refractivity (Wildman–Crippen MR) is 174 cm³/mol. The summed E-state index contributed by atoms with van der Waals surface area (Å²) in [6.45, 7) is 4.62. The van der Waals surface area contributed by atoms with Gasteiger partial charge in [-0.15, -0.1) is 0 Å². The standard InChI is InChI=1S/C36H69N2/c1-3-5-7-9-11-13-15-17-19-21-23-26-30-35(31-27-24-28-32-36-37-33-34-38-36)29-25-22-20-18-16-14-12-10-8-6-4-2/h33-35H,3-32H2,1-2H3/q+1. The van der Waals surface area contributed by atoms with E-state index in [0.717, 1.165) is 18.5 Å². The van der Waals surface area contributed by atoms with Crippen molar-refractivity contribution in [2.75, 3.05) is 0 Å². The third-order valence-corrected chi connectivity index (χ3v) is 8.71. The average molecular weight is 530 g/mol. The van der Waals surface area contributed by atoms with E-state index in [2.05, 4.69) is 23.8 Å². The smallest absolute Gasteiger partial charge is 0.0968 e. The molecule has 0 bridgehead atoms. The van der Waals surface area contributed by atoms with Crippen molar-refractivity contribution in [1.82, 2.24) is 0 Å². The van der Waals surface area contributed by atoms with E-state index in [4.69, 9.17) is 0 Å². The van der Waals surface area contributed by atoms with Gasteiger partial charge in [0, 0.05) is 0 Å². The molecular formula is C36H69N2+.